The SMILES string of the molecule is CCOC(=O)C1=C(COc2ccc(C)cc2[N+](=O)[O-])NC(=O)N[C@H]1CC. The van der Waals surface area contributed by atoms with Crippen LogP contribution in [-0.4, -0.2) is 36.2 Å². The van der Waals surface area contributed by atoms with E-state index in [1.807, 2.05) is 6.92 Å². The second kappa shape index (κ2) is 8.32. The summed E-state index contributed by atoms with van der Waals surface area (Å²) in [6.45, 7) is 5.21. The van der Waals surface area contributed by atoms with Crippen LogP contribution in [0.25, 0.3) is 0 Å². The molecule has 0 fully saturated rings. The molecule has 1 heterocycles. The third-order valence-corrected chi connectivity index (χ3v) is 3.83. The molecule has 0 saturated carbocycles. The van der Waals surface area contributed by atoms with Crippen LogP contribution in [0.2, 0.25) is 0 Å². The van der Waals surface area contributed by atoms with Crippen LogP contribution >= 0.6 is 0 Å². The normalized spacial score (nSPS) is 16.6. The van der Waals surface area contributed by atoms with Gasteiger partial charge in [-0.2, -0.15) is 0 Å². The molecular weight excluding hydrogens is 342 g/mol. The Kier molecular flexibility index (Phi) is 6.16. The fraction of sp³-hybridized carbons (Fsp3) is 0.412. The molecule has 2 amide bonds. The van der Waals surface area contributed by atoms with E-state index in [4.69, 9.17) is 9.47 Å². The number of amides is 2. The zero-order valence-electron chi connectivity index (χ0n) is 14.8. The standard InChI is InChI=1S/C17H21N3O6/c1-4-11-15(16(21)25-5-2)12(19-17(22)18-11)9-26-14-7-6-10(3)8-13(14)20(23)24/h6-8,11H,4-5,9H2,1-3H3,(H2,18,19,22)/t11-/m0/s1. The summed E-state index contributed by atoms with van der Waals surface area (Å²) in [5.74, 6) is -0.513. The molecule has 1 aromatic rings. The molecule has 26 heavy (non-hydrogen) atoms. The molecule has 0 bridgehead atoms. The van der Waals surface area contributed by atoms with Crippen molar-refractivity contribution in [2.45, 2.75) is 33.2 Å². The zero-order chi connectivity index (χ0) is 19.3. The molecule has 2 N–H and O–H groups in total. The van der Waals surface area contributed by atoms with E-state index in [2.05, 4.69) is 10.6 Å². The van der Waals surface area contributed by atoms with Crippen molar-refractivity contribution in [1.82, 2.24) is 10.6 Å². The summed E-state index contributed by atoms with van der Waals surface area (Å²) in [6.07, 6.45) is 0.482. The summed E-state index contributed by atoms with van der Waals surface area (Å²) in [4.78, 5) is 34.8. The van der Waals surface area contributed by atoms with E-state index in [1.54, 1.807) is 19.9 Å². The Hall–Kier alpha value is -3.10. The van der Waals surface area contributed by atoms with Gasteiger partial charge in [0.1, 0.15) is 6.61 Å². The van der Waals surface area contributed by atoms with Gasteiger partial charge in [-0.1, -0.05) is 13.0 Å². The predicted octanol–water partition coefficient (Wildman–Crippen LogP) is 2.19. The highest BCUT2D eigenvalue weighted by Crippen LogP contribution is 2.28. The second-order valence-electron chi connectivity index (χ2n) is 5.69. The molecule has 1 aliphatic rings. The number of rotatable bonds is 7. The van der Waals surface area contributed by atoms with Gasteiger partial charge < -0.3 is 20.1 Å². The van der Waals surface area contributed by atoms with Crippen molar-refractivity contribution in [2.24, 2.45) is 0 Å². The molecule has 0 aliphatic carbocycles. The lowest BCUT2D eigenvalue weighted by Crippen LogP contribution is -2.51. The number of benzene rings is 1. The quantitative estimate of drug-likeness (QED) is 0.435. The largest absolute Gasteiger partial charge is 0.480 e. The lowest BCUT2D eigenvalue weighted by atomic mass is 10.0. The number of ether oxygens (including phenoxy) is 2. The van der Waals surface area contributed by atoms with E-state index < -0.39 is 23.0 Å². The maximum absolute atomic E-state index is 12.3. The number of hydrogen-bond donors (Lipinski definition) is 2. The first-order valence-corrected chi connectivity index (χ1v) is 8.22. The van der Waals surface area contributed by atoms with Crippen LogP contribution < -0.4 is 15.4 Å². The van der Waals surface area contributed by atoms with Gasteiger partial charge in [0.15, 0.2) is 5.75 Å². The lowest BCUT2D eigenvalue weighted by molar-refractivity contribution is -0.385. The van der Waals surface area contributed by atoms with Gasteiger partial charge >= 0.3 is 17.7 Å². The molecule has 1 aromatic carbocycles. The molecule has 0 aromatic heterocycles. The molecule has 0 unspecified atom stereocenters. The third kappa shape index (κ3) is 4.29. The van der Waals surface area contributed by atoms with E-state index in [9.17, 15) is 19.7 Å². The zero-order valence-corrected chi connectivity index (χ0v) is 14.8. The van der Waals surface area contributed by atoms with Gasteiger partial charge in [0.2, 0.25) is 0 Å². The first-order valence-electron chi connectivity index (χ1n) is 8.22. The van der Waals surface area contributed by atoms with E-state index >= 15 is 0 Å². The predicted molar refractivity (Wildman–Crippen MR) is 92.7 cm³/mol. The van der Waals surface area contributed by atoms with Crippen molar-refractivity contribution in [1.29, 1.82) is 0 Å². The number of aryl methyl sites for hydroxylation is 1. The second-order valence-corrected chi connectivity index (χ2v) is 5.69. The van der Waals surface area contributed by atoms with Gasteiger partial charge in [0.25, 0.3) is 0 Å². The van der Waals surface area contributed by atoms with Crippen molar-refractivity contribution in [3.63, 3.8) is 0 Å². The van der Waals surface area contributed by atoms with Gasteiger partial charge in [-0.05, 0) is 31.9 Å². The van der Waals surface area contributed by atoms with Crippen LogP contribution in [-0.2, 0) is 9.53 Å². The fourth-order valence-corrected chi connectivity index (χ4v) is 2.62. The van der Waals surface area contributed by atoms with Crippen molar-refractivity contribution >= 4 is 17.7 Å². The Morgan fingerprint density at radius 1 is 1.35 bits per heavy atom. The third-order valence-electron chi connectivity index (χ3n) is 3.83. The summed E-state index contributed by atoms with van der Waals surface area (Å²) < 4.78 is 10.6. The van der Waals surface area contributed by atoms with E-state index in [1.165, 1.54) is 12.1 Å². The summed E-state index contributed by atoms with van der Waals surface area (Å²) in [6, 6.07) is 3.57. The molecule has 0 spiro atoms. The van der Waals surface area contributed by atoms with Crippen molar-refractivity contribution in [3.8, 4) is 5.75 Å². The number of nitro groups is 1. The number of esters is 1. The number of nitro benzene ring substituents is 1. The molecule has 0 saturated heterocycles. The van der Waals surface area contributed by atoms with Crippen LogP contribution in [0, 0.1) is 17.0 Å². The Bertz CT molecular complexity index is 759. The lowest BCUT2D eigenvalue weighted by Gasteiger charge is -2.28. The first kappa shape index (κ1) is 19.2. The Balaban J connectivity index is 2.33. The highest BCUT2D eigenvalue weighted by atomic mass is 16.6. The number of urea groups is 1. The Morgan fingerprint density at radius 2 is 2.08 bits per heavy atom. The minimum Gasteiger partial charge on any atom is -0.480 e. The van der Waals surface area contributed by atoms with E-state index in [0.29, 0.717) is 6.42 Å². The number of nitrogens with one attached hydrogen (secondary N) is 2. The average Bonchev–Trinajstić information content (AvgIpc) is 2.59. The molecule has 140 valence electrons. The monoisotopic (exact) mass is 363 g/mol. The molecular formula is C17H21N3O6. The maximum Gasteiger partial charge on any atom is 0.338 e. The fourth-order valence-electron chi connectivity index (χ4n) is 2.62. The van der Waals surface area contributed by atoms with Gasteiger partial charge in [-0.15, -0.1) is 0 Å². The summed E-state index contributed by atoms with van der Waals surface area (Å²) in [5.41, 5.74) is 1.02. The summed E-state index contributed by atoms with van der Waals surface area (Å²) in [5, 5.41) is 16.4. The van der Waals surface area contributed by atoms with Crippen molar-refractivity contribution < 1.29 is 24.0 Å². The number of nitrogens with zero attached hydrogens (tertiary/aromatic N) is 1. The molecule has 0 radical (unpaired) electrons. The molecule has 2 rings (SSSR count). The topological polar surface area (TPSA) is 120 Å². The highest BCUT2D eigenvalue weighted by Gasteiger charge is 2.32. The van der Waals surface area contributed by atoms with E-state index in [-0.39, 0.29) is 35.9 Å². The van der Waals surface area contributed by atoms with Gasteiger partial charge in [0.05, 0.1) is 28.8 Å². The minimum absolute atomic E-state index is 0.0529. The van der Waals surface area contributed by atoms with Crippen LogP contribution in [0.3, 0.4) is 0 Å². The minimum atomic E-state index is -0.566. The van der Waals surface area contributed by atoms with Crippen LogP contribution in [0.15, 0.2) is 29.5 Å². The Morgan fingerprint density at radius 3 is 2.69 bits per heavy atom. The summed E-state index contributed by atoms with van der Waals surface area (Å²) >= 11 is 0. The number of carbonyl (C=O) groups excluding carboxylic acids is 2. The molecule has 1 aliphatic heterocycles. The molecule has 9 nitrogen and oxygen atoms in total. The van der Waals surface area contributed by atoms with Crippen LogP contribution in [0.1, 0.15) is 25.8 Å². The Labute approximate surface area is 150 Å². The van der Waals surface area contributed by atoms with Gasteiger partial charge in [-0.25, -0.2) is 9.59 Å². The average molecular weight is 363 g/mol. The molecule has 1 atom stereocenters. The van der Waals surface area contributed by atoms with E-state index in [0.717, 1.165) is 5.56 Å². The number of carbonyl (C=O) groups is 2. The highest BCUT2D eigenvalue weighted by molar-refractivity contribution is 5.94. The first-order chi connectivity index (χ1) is 12.4. The van der Waals surface area contributed by atoms with Crippen molar-refractivity contribution in [3.05, 3.63) is 45.1 Å². The van der Waals surface area contributed by atoms with Crippen LogP contribution in [0.5, 0.6) is 5.75 Å². The molecule has 9 heteroatoms. The summed E-state index contributed by atoms with van der Waals surface area (Å²) in [7, 11) is 0. The van der Waals surface area contributed by atoms with Crippen LogP contribution in [0.4, 0.5) is 10.5 Å². The van der Waals surface area contributed by atoms with Gasteiger partial charge in [-0.3, -0.25) is 10.1 Å². The number of hydrogen-bond acceptors (Lipinski definition) is 6. The van der Waals surface area contributed by atoms with Gasteiger partial charge in [0, 0.05) is 6.07 Å². The van der Waals surface area contributed by atoms with Crippen molar-refractivity contribution in [2.75, 3.05) is 13.2 Å². The smallest absolute Gasteiger partial charge is 0.338 e. The maximum atomic E-state index is 12.3.